The van der Waals surface area contributed by atoms with Gasteiger partial charge in [-0.3, -0.25) is 4.79 Å². The molecule has 116 valence electrons. The number of amides is 1. The zero-order valence-electron chi connectivity index (χ0n) is 11.5. The van der Waals surface area contributed by atoms with Crippen molar-refractivity contribution in [2.45, 2.75) is 0 Å². The predicted molar refractivity (Wildman–Crippen MR) is 85.6 cm³/mol. The number of halogens is 2. The van der Waals surface area contributed by atoms with Crippen molar-refractivity contribution < 1.29 is 14.3 Å². The second-order valence-corrected chi connectivity index (χ2v) is 5.03. The number of aromatic hydroxyl groups is 1. The molecule has 0 aliphatic rings. The molecule has 1 aromatic heterocycles. The lowest BCUT2D eigenvalue weighted by Gasteiger charge is -2.11. The van der Waals surface area contributed by atoms with Crippen LogP contribution in [0.2, 0.25) is 5.02 Å². The van der Waals surface area contributed by atoms with Crippen LogP contribution >= 0.6 is 11.6 Å². The number of benzene rings is 2. The van der Waals surface area contributed by atoms with Crippen molar-refractivity contribution in [1.29, 1.82) is 0 Å². The van der Waals surface area contributed by atoms with Crippen LogP contribution < -0.4 is 10.6 Å². The molecule has 0 aliphatic carbocycles. The summed E-state index contributed by atoms with van der Waals surface area (Å²) in [6, 6.07) is 7.12. The minimum atomic E-state index is -0.521. The molecule has 8 heteroatoms. The number of nitrogens with zero attached hydrogens (tertiary/aromatic N) is 2. The number of fused-ring (bicyclic) bond motifs is 1. The number of anilines is 3. The summed E-state index contributed by atoms with van der Waals surface area (Å²) in [5.41, 5.74) is 1.24. The van der Waals surface area contributed by atoms with Crippen molar-refractivity contribution in [3.8, 4) is 5.75 Å². The van der Waals surface area contributed by atoms with E-state index in [-0.39, 0.29) is 16.5 Å². The van der Waals surface area contributed by atoms with Gasteiger partial charge < -0.3 is 15.7 Å². The van der Waals surface area contributed by atoms with Crippen LogP contribution in [0.5, 0.6) is 5.75 Å². The van der Waals surface area contributed by atoms with Gasteiger partial charge in [-0.15, -0.1) is 0 Å². The Kier molecular flexibility index (Phi) is 3.94. The monoisotopic (exact) mass is 332 g/mol. The maximum Gasteiger partial charge on any atom is 0.211 e. The van der Waals surface area contributed by atoms with Crippen LogP contribution in [-0.4, -0.2) is 21.5 Å². The molecule has 0 bridgehead atoms. The average Bonchev–Trinajstić information content (AvgIpc) is 2.52. The van der Waals surface area contributed by atoms with Crippen molar-refractivity contribution in [2.75, 3.05) is 10.6 Å². The van der Waals surface area contributed by atoms with Crippen LogP contribution in [-0.2, 0) is 4.79 Å². The van der Waals surface area contributed by atoms with E-state index in [9.17, 15) is 14.3 Å². The Morgan fingerprint density at radius 3 is 2.78 bits per heavy atom. The molecule has 0 spiro atoms. The fraction of sp³-hybridized carbons (Fsp3) is 0. The van der Waals surface area contributed by atoms with E-state index < -0.39 is 5.82 Å². The van der Waals surface area contributed by atoms with Gasteiger partial charge in [0.1, 0.15) is 23.7 Å². The largest absolute Gasteiger partial charge is 0.506 e. The lowest BCUT2D eigenvalue weighted by molar-refractivity contribution is -0.105. The van der Waals surface area contributed by atoms with Crippen LogP contribution in [0.3, 0.4) is 0 Å². The SMILES string of the molecule is O=CNc1cc2c(Nc3ccc(F)c(Cl)c3)ncnc2cc1O. The van der Waals surface area contributed by atoms with Crippen molar-refractivity contribution >= 4 is 46.1 Å². The van der Waals surface area contributed by atoms with Gasteiger partial charge in [-0.2, -0.15) is 0 Å². The topological polar surface area (TPSA) is 87.1 Å². The molecule has 0 atom stereocenters. The normalized spacial score (nSPS) is 10.5. The van der Waals surface area contributed by atoms with Gasteiger partial charge in [0.15, 0.2) is 0 Å². The maximum atomic E-state index is 13.2. The lowest BCUT2D eigenvalue weighted by Crippen LogP contribution is -1.99. The molecule has 0 aliphatic heterocycles. The molecule has 1 amide bonds. The summed E-state index contributed by atoms with van der Waals surface area (Å²) in [5.74, 6) is -0.210. The van der Waals surface area contributed by atoms with E-state index >= 15 is 0 Å². The number of carbonyl (C=O) groups excluding carboxylic acids is 1. The summed E-state index contributed by atoms with van der Waals surface area (Å²) < 4.78 is 13.2. The highest BCUT2D eigenvalue weighted by atomic mass is 35.5. The molecule has 0 fully saturated rings. The molecule has 3 rings (SSSR count). The summed E-state index contributed by atoms with van der Waals surface area (Å²) in [4.78, 5) is 18.8. The Balaban J connectivity index is 2.07. The number of nitrogens with one attached hydrogen (secondary N) is 2. The zero-order valence-corrected chi connectivity index (χ0v) is 12.3. The van der Waals surface area contributed by atoms with E-state index in [4.69, 9.17) is 11.6 Å². The van der Waals surface area contributed by atoms with Crippen molar-refractivity contribution in [2.24, 2.45) is 0 Å². The molecule has 6 nitrogen and oxygen atoms in total. The van der Waals surface area contributed by atoms with Crippen LogP contribution in [0.4, 0.5) is 21.6 Å². The molecular weight excluding hydrogens is 323 g/mol. The van der Waals surface area contributed by atoms with Crippen LogP contribution in [0, 0.1) is 5.82 Å². The molecule has 3 N–H and O–H groups in total. The van der Waals surface area contributed by atoms with Gasteiger partial charge in [-0.25, -0.2) is 14.4 Å². The molecule has 3 aromatic rings. The smallest absolute Gasteiger partial charge is 0.211 e. The molecule has 23 heavy (non-hydrogen) atoms. The van der Waals surface area contributed by atoms with Crippen molar-refractivity contribution in [3.05, 3.63) is 47.5 Å². The fourth-order valence-electron chi connectivity index (χ4n) is 2.08. The Bertz CT molecular complexity index is 904. The number of aromatic nitrogens is 2. The number of phenolic OH excluding ortho intramolecular Hbond substituents is 1. The van der Waals surface area contributed by atoms with Gasteiger partial charge in [0.05, 0.1) is 16.2 Å². The summed E-state index contributed by atoms with van der Waals surface area (Å²) in [6.45, 7) is 0. The van der Waals surface area contributed by atoms with E-state index in [1.54, 1.807) is 0 Å². The number of rotatable bonds is 4. The summed E-state index contributed by atoms with van der Waals surface area (Å²) >= 11 is 5.76. The highest BCUT2D eigenvalue weighted by Gasteiger charge is 2.10. The Labute approximate surface area is 134 Å². The molecule has 0 unspecified atom stereocenters. The van der Waals surface area contributed by atoms with Gasteiger partial charge >= 0.3 is 0 Å². The van der Waals surface area contributed by atoms with Crippen LogP contribution in [0.25, 0.3) is 10.9 Å². The summed E-state index contributed by atoms with van der Waals surface area (Å²) in [5, 5.41) is 15.8. The van der Waals surface area contributed by atoms with E-state index in [1.165, 1.54) is 36.7 Å². The fourth-order valence-corrected chi connectivity index (χ4v) is 2.26. The number of phenols is 1. The van der Waals surface area contributed by atoms with E-state index in [2.05, 4.69) is 20.6 Å². The minimum Gasteiger partial charge on any atom is -0.506 e. The molecule has 0 saturated heterocycles. The zero-order chi connectivity index (χ0) is 16.4. The third-order valence-electron chi connectivity index (χ3n) is 3.15. The molecule has 1 heterocycles. The number of hydrogen-bond acceptors (Lipinski definition) is 5. The van der Waals surface area contributed by atoms with Crippen molar-refractivity contribution in [3.63, 3.8) is 0 Å². The first-order valence-corrected chi connectivity index (χ1v) is 6.86. The standard InChI is InChI=1S/C15H10ClFN4O2/c16-10-3-8(1-2-11(10)17)21-15-9-4-13(20-7-22)14(23)5-12(9)18-6-19-15/h1-7,23H,(H,20,22)(H,18,19,21). The van der Waals surface area contributed by atoms with Gasteiger partial charge in [-0.05, 0) is 24.3 Å². The van der Waals surface area contributed by atoms with Crippen LogP contribution in [0.1, 0.15) is 0 Å². The van der Waals surface area contributed by atoms with E-state index in [0.717, 1.165) is 0 Å². The van der Waals surface area contributed by atoms with E-state index in [1.807, 2.05) is 0 Å². The van der Waals surface area contributed by atoms with Gasteiger partial charge in [0, 0.05) is 17.1 Å². The van der Waals surface area contributed by atoms with Gasteiger partial charge in [0.25, 0.3) is 0 Å². The average molecular weight is 333 g/mol. The molecule has 2 aromatic carbocycles. The van der Waals surface area contributed by atoms with Crippen molar-refractivity contribution in [1.82, 2.24) is 9.97 Å². The first-order valence-electron chi connectivity index (χ1n) is 6.48. The van der Waals surface area contributed by atoms with Gasteiger partial charge in [0.2, 0.25) is 6.41 Å². The van der Waals surface area contributed by atoms with Gasteiger partial charge in [-0.1, -0.05) is 11.6 Å². The molecular formula is C15H10ClFN4O2. The molecule has 0 radical (unpaired) electrons. The maximum absolute atomic E-state index is 13.2. The third kappa shape index (κ3) is 3.00. The second kappa shape index (κ2) is 6.05. The molecule has 0 saturated carbocycles. The number of hydrogen-bond donors (Lipinski definition) is 3. The number of carbonyl (C=O) groups is 1. The second-order valence-electron chi connectivity index (χ2n) is 4.62. The third-order valence-corrected chi connectivity index (χ3v) is 3.44. The quantitative estimate of drug-likeness (QED) is 0.503. The first-order chi connectivity index (χ1) is 11.1. The Morgan fingerprint density at radius 2 is 2.04 bits per heavy atom. The predicted octanol–water partition coefficient (Wildman–Crippen LogP) is 3.44. The summed E-state index contributed by atoms with van der Waals surface area (Å²) in [6.07, 6.45) is 1.78. The summed E-state index contributed by atoms with van der Waals surface area (Å²) in [7, 11) is 0. The van der Waals surface area contributed by atoms with E-state index in [0.29, 0.717) is 28.8 Å². The lowest BCUT2D eigenvalue weighted by atomic mass is 10.2. The highest BCUT2D eigenvalue weighted by molar-refractivity contribution is 6.31. The van der Waals surface area contributed by atoms with Crippen LogP contribution in [0.15, 0.2) is 36.7 Å². The highest BCUT2D eigenvalue weighted by Crippen LogP contribution is 2.32. The first kappa shape index (κ1) is 15.0. The Hall–Kier alpha value is -2.93. The minimum absolute atomic E-state index is 0.0192. The Morgan fingerprint density at radius 1 is 1.22 bits per heavy atom.